The number of benzene rings is 2. The first-order chi connectivity index (χ1) is 17.6. The lowest BCUT2D eigenvalue weighted by molar-refractivity contribution is 0.495. The molecular formula is C27H31N9. The third kappa shape index (κ3) is 4.15. The first-order valence-corrected chi connectivity index (χ1v) is 12.6. The molecule has 1 aliphatic heterocycles. The topological polar surface area (TPSA) is 113 Å². The quantitative estimate of drug-likeness (QED) is 0.331. The highest BCUT2D eigenvalue weighted by atomic mass is 15.4. The fourth-order valence-corrected chi connectivity index (χ4v) is 4.81. The van der Waals surface area contributed by atoms with Crippen LogP contribution in [-0.4, -0.2) is 48.7 Å². The molecule has 0 atom stereocenters. The second-order valence-electron chi connectivity index (χ2n) is 9.77. The maximum absolute atomic E-state index is 6.14. The van der Waals surface area contributed by atoms with Crippen LogP contribution in [0.4, 0.5) is 11.9 Å². The number of para-hydroxylation sites is 2. The van der Waals surface area contributed by atoms with Crippen LogP contribution in [0.5, 0.6) is 0 Å². The van der Waals surface area contributed by atoms with Crippen molar-refractivity contribution in [2.75, 3.05) is 23.3 Å². The van der Waals surface area contributed by atoms with Crippen LogP contribution in [0.25, 0.3) is 28.1 Å². The normalized spacial score (nSPS) is 14.8. The van der Waals surface area contributed by atoms with Crippen molar-refractivity contribution in [1.82, 2.24) is 29.5 Å². The van der Waals surface area contributed by atoms with Crippen molar-refractivity contribution in [3.63, 3.8) is 0 Å². The molecule has 0 unspecified atom stereocenters. The molecule has 1 fully saturated rings. The highest BCUT2D eigenvalue weighted by Crippen LogP contribution is 2.27. The van der Waals surface area contributed by atoms with Gasteiger partial charge >= 0.3 is 0 Å². The Bertz CT molecular complexity index is 1480. The van der Waals surface area contributed by atoms with Gasteiger partial charge in [0.1, 0.15) is 5.82 Å². The van der Waals surface area contributed by atoms with Crippen LogP contribution in [0.15, 0.2) is 54.7 Å². The van der Waals surface area contributed by atoms with E-state index >= 15 is 0 Å². The molecule has 4 heterocycles. The highest BCUT2D eigenvalue weighted by molar-refractivity contribution is 5.80. The monoisotopic (exact) mass is 481 g/mol. The number of fused-ring (bicyclic) bond motifs is 2. The van der Waals surface area contributed by atoms with Gasteiger partial charge in [-0.1, -0.05) is 50.2 Å². The fraction of sp³-hybridized carbons (Fsp3) is 0.333. The molecule has 4 N–H and O–H groups in total. The van der Waals surface area contributed by atoms with Crippen molar-refractivity contribution in [1.29, 1.82) is 0 Å². The zero-order valence-electron chi connectivity index (χ0n) is 20.6. The molecule has 2 aromatic carbocycles. The summed E-state index contributed by atoms with van der Waals surface area (Å²) >= 11 is 0. The number of hydrogen-bond acceptors (Lipinski definition) is 7. The zero-order chi connectivity index (χ0) is 24.6. The van der Waals surface area contributed by atoms with E-state index in [2.05, 4.69) is 46.3 Å². The number of rotatable bonds is 6. The number of imidazole rings is 1. The number of nitrogens with zero attached hydrogens (tertiary/aromatic N) is 6. The van der Waals surface area contributed by atoms with E-state index in [1.807, 2.05) is 47.1 Å². The van der Waals surface area contributed by atoms with Crippen LogP contribution in [0.3, 0.4) is 0 Å². The maximum Gasteiger partial charge on any atom is 0.230 e. The summed E-state index contributed by atoms with van der Waals surface area (Å²) in [4.78, 5) is 20.3. The SMILES string of the molecule is CC(C)c1cnn2c(NCc3ccccc3-c3nc4ccccc4[nH]3)nc(N3CCC(N)CC3)nc12. The molecule has 184 valence electrons. The third-order valence-corrected chi connectivity index (χ3v) is 6.93. The molecule has 9 heteroatoms. The highest BCUT2D eigenvalue weighted by Gasteiger charge is 2.22. The summed E-state index contributed by atoms with van der Waals surface area (Å²) in [6, 6.07) is 16.6. The summed E-state index contributed by atoms with van der Waals surface area (Å²) in [7, 11) is 0. The number of nitrogens with two attached hydrogens (primary N) is 1. The Morgan fingerprint density at radius 1 is 1.03 bits per heavy atom. The van der Waals surface area contributed by atoms with E-state index in [4.69, 9.17) is 20.7 Å². The Hall–Kier alpha value is -3.98. The minimum absolute atomic E-state index is 0.249. The Kier molecular flexibility index (Phi) is 5.77. The number of hydrogen-bond donors (Lipinski definition) is 3. The van der Waals surface area contributed by atoms with Crippen LogP contribution >= 0.6 is 0 Å². The number of aromatic nitrogens is 6. The van der Waals surface area contributed by atoms with E-state index in [0.29, 0.717) is 18.4 Å². The summed E-state index contributed by atoms with van der Waals surface area (Å²) in [5.74, 6) is 2.57. The second kappa shape index (κ2) is 9.23. The number of H-pyrrole nitrogens is 1. The zero-order valence-corrected chi connectivity index (χ0v) is 20.6. The second-order valence-corrected chi connectivity index (χ2v) is 9.77. The Balaban J connectivity index is 1.35. The van der Waals surface area contributed by atoms with Crippen LogP contribution in [0.1, 0.15) is 43.7 Å². The predicted molar refractivity (Wildman–Crippen MR) is 143 cm³/mol. The van der Waals surface area contributed by atoms with Gasteiger partial charge < -0.3 is 20.9 Å². The largest absolute Gasteiger partial charge is 0.350 e. The average molecular weight is 482 g/mol. The number of nitrogens with one attached hydrogen (secondary N) is 2. The van der Waals surface area contributed by atoms with Crippen LogP contribution in [0.2, 0.25) is 0 Å². The van der Waals surface area contributed by atoms with Crippen molar-refractivity contribution in [3.05, 3.63) is 65.9 Å². The van der Waals surface area contributed by atoms with Crippen LogP contribution in [-0.2, 0) is 6.54 Å². The van der Waals surface area contributed by atoms with Gasteiger partial charge in [-0.15, -0.1) is 0 Å². The van der Waals surface area contributed by atoms with Gasteiger partial charge in [0, 0.05) is 36.8 Å². The Labute approximate surface area is 209 Å². The summed E-state index contributed by atoms with van der Waals surface area (Å²) in [6.45, 7) is 6.61. The van der Waals surface area contributed by atoms with E-state index < -0.39 is 0 Å². The summed E-state index contributed by atoms with van der Waals surface area (Å²) < 4.78 is 1.82. The molecule has 0 radical (unpaired) electrons. The van der Waals surface area contributed by atoms with E-state index in [0.717, 1.165) is 71.1 Å². The maximum atomic E-state index is 6.14. The molecule has 0 bridgehead atoms. The molecule has 5 aromatic rings. The van der Waals surface area contributed by atoms with Crippen molar-refractivity contribution in [2.24, 2.45) is 5.73 Å². The van der Waals surface area contributed by atoms with Gasteiger partial charge in [0.05, 0.1) is 17.2 Å². The van der Waals surface area contributed by atoms with Crippen LogP contribution < -0.4 is 16.0 Å². The molecule has 3 aromatic heterocycles. The molecule has 0 saturated carbocycles. The summed E-state index contributed by atoms with van der Waals surface area (Å²) in [5, 5.41) is 8.18. The predicted octanol–water partition coefficient (Wildman–Crippen LogP) is 4.33. The van der Waals surface area contributed by atoms with Gasteiger partial charge in [0.2, 0.25) is 11.9 Å². The standard InChI is InChI=1S/C27H31N9/c1-17(2)21-16-30-36-25(21)33-27(35-13-11-19(28)12-14-35)34-26(36)29-15-18-7-3-4-8-20(18)24-31-22-9-5-6-10-23(22)32-24/h3-10,16-17,19H,11-15,28H2,1-2H3,(H,31,32)(H,29,33,34). The van der Waals surface area contributed by atoms with Crippen molar-refractivity contribution < 1.29 is 0 Å². The number of aromatic amines is 1. The van der Waals surface area contributed by atoms with E-state index in [1.54, 1.807) is 0 Å². The van der Waals surface area contributed by atoms with Crippen LogP contribution in [0, 0.1) is 0 Å². The number of piperidine rings is 1. The van der Waals surface area contributed by atoms with Gasteiger partial charge in [-0.3, -0.25) is 0 Å². The molecule has 0 spiro atoms. The third-order valence-electron chi connectivity index (χ3n) is 6.93. The van der Waals surface area contributed by atoms with Crippen molar-refractivity contribution in [3.8, 4) is 11.4 Å². The fourth-order valence-electron chi connectivity index (χ4n) is 4.81. The lowest BCUT2D eigenvalue weighted by Crippen LogP contribution is -2.40. The lowest BCUT2D eigenvalue weighted by atomic mass is 10.1. The minimum atomic E-state index is 0.249. The summed E-state index contributed by atoms with van der Waals surface area (Å²) in [6.07, 6.45) is 3.79. The number of anilines is 2. The lowest BCUT2D eigenvalue weighted by Gasteiger charge is -2.30. The van der Waals surface area contributed by atoms with E-state index in [1.165, 1.54) is 0 Å². The van der Waals surface area contributed by atoms with E-state index in [-0.39, 0.29) is 6.04 Å². The molecule has 36 heavy (non-hydrogen) atoms. The first kappa shape index (κ1) is 22.5. The molecule has 1 aliphatic rings. The molecule has 0 amide bonds. The Morgan fingerprint density at radius 3 is 2.61 bits per heavy atom. The smallest absolute Gasteiger partial charge is 0.230 e. The van der Waals surface area contributed by atoms with Gasteiger partial charge in [0.15, 0.2) is 5.65 Å². The van der Waals surface area contributed by atoms with Gasteiger partial charge in [-0.2, -0.15) is 19.6 Å². The van der Waals surface area contributed by atoms with Gasteiger partial charge in [0.25, 0.3) is 0 Å². The van der Waals surface area contributed by atoms with E-state index in [9.17, 15) is 0 Å². The molecular weight excluding hydrogens is 450 g/mol. The summed E-state index contributed by atoms with van der Waals surface area (Å²) in [5.41, 5.74) is 12.2. The first-order valence-electron chi connectivity index (χ1n) is 12.6. The van der Waals surface area contributed by atoms with Crippen molar-refractivity contribution >= 4 is 28.6 Å². The molecule has 1 saturated heterocycles. The Morgan fingerprint density at radius 2 is 1.81 bits per heavy atom. The average Bonchev–Trinajstić information content (AvgIpc) is 3.52. The van der Waals surface area contributed by atoms with Gasteiger partial charge in [-0.05, 0) is 36.5 Å². The van der Waals surface area contributed by atoms with Crippen molar-refractivity contribution in [2.45, 2.75) is 45.2 Å². The molecule has 9 nitrogen and oxygen atoms in total. The molecule has 6 rings (SSSR count). The molecule has 0 aliphatic carbocycles. The van der Waals surface area contributed by atoms with Gasteiger partial charge in [-0.25, -0.2) is 4.98 Å². The minimum Gasteiger partial charge on any atom is -0.350 e.